The maximum atomic E-state index is 14.7. The Morgan fingerprint density at radius 3 is 2.14 bits per heavy atom. The molecule has 10 rings (SSSR count). The van der Waals surface area contributed by atoms with Gasteiger partial charge in [0.15, 0.2) is 5.82 Å². The van der Waals surface area contributed by atoms with E-state index in [1.807, 2.05) is 58.3 Å². The third-order valence-electron chi connectivity index (χ3n) is 14.4. The van der Waals surface area contributed by atoms with Crippen molar-refractivity contribution >= 4 is 52.6 Å². The van der Waals surface area contributed by atoms with E-state index in [2.05, 4.69) is 25.3 Å². The summed E-state index contributed by atoms with van der Waals surface area (Å²) in [6.07, 6.45) is 3.46. The Morgan fingerprint density at radius 1 is 0.714 bits per heavy atom. The van der Waals surface area contributed by atoms with Gasteiger partial charge in [-0.1, -0.05) is 42.5 Å². The molecule has 0 saturated carbocycles. The molecule has 324 valence electrons. The molecule has 16 heteroatoms. The number of aromatic nitrogens is 2. The van der Waals surface area contributed by atoms with Gasteiger partial charge in [0.1, 0.15) is 11.8 Å². The summed E-state index contributed by atoms with van der Waals surface area (Å²) < 4.78 is 0. The van der Waals surface area contributed by atoms with E-state index in [-0.39, 0.29) is 52.9 Å². The van der Waals surface area contributed by atoms with Gasteiger partial charge in [-0.05, 0) is 80.5 Å². The first-order valence-electron chi connectivity index (χ1n) is 21.8. The molecule has 6 amide bonds. The Labute approximate surface area is 364 Å². The van der Waals surface area contributed by atoms with Crippen molar-refractivity contribution in [2.75, 3.05) is 67.9 Å². The number of phenolic OH excluding ortho intramolecular Hbond substituents is 1. The van der Waals surface area contributed by atoms with E-state index in [0.717, 1.165) is 28.3 Å². The van der Waals surface area contributed by atoms with Gasteiger partial charge in [0.05, 0.1) is 27.9 Å². The minimum atomic E-state index is -1.02. The number of benzene rings is 3. The Morgan fingerprint density at radius 2 is 1.41 bits per heavy atom. The molecule has 0 radical (unpaired) electrons. The smallest absolute Gasteiger partial charge is 0.262 e. The van der Waals surface area contributed by atoms with Gasteiger partial charge in [-0.25, -0.2) is 0 Å². The van der Waals surface area contributed by atoms with Crippen LogP contribution in [0.4, 0.5) is 17.2 Å². The number of carbonyl (C=O) groups excluding carboxylic acids is 6. The Balaban J connectivity index is 0.755. The van der Waals surface area contributed by atoms with Crippen LogP contribution in [-0.4, -0.2) is 124 Å². The predicted molar refractivity (Wildman–Crippen MR) is 231 cm³/mol. The number of hydrogen-bond acceptors (Lipinski definition) is 12. The number of nitrogens with one attached hydrogen (secondary N) is 1. The molecule has 1 atom stereocenters. The van der Waals surface area contributed by atoms with Crippen LogP contribution in [0.15, 0.2) is 78.9 Å². The number of nitrogens with zero attached hydrogens (tertiary/aromatic N) is 7. The highest BCUT2D eigenvalue weighted by molar-refractivity contribution is 6.23. The number of nitrogen functional groups attached to an aromatic ring is 1. The fourth-order valence-corrected chi connectivity index (χ4v) is 10.9. The largest absolute Gasteiger partial charge is 0.507 e. The molecule has 63 heavy (non-hydrogen) atoms. The van der Waals surface area contributed by atoms with Crippen molar-refractivity contribution in [3.8, 4) is 17.0 Å². The van der Waals surface area contributed by atoms with E-state index in [4.69, 9.17) is 5.73 Å². The van der Waals surface area contributed by atoms with Crippen LogP contribution in [0.25, 0.3) is 11.3 Å². The monoisotopic (exact) mass is 851 g/mol. The Kier molecular flexibility index (Phi) is 9.90. The first-order chi connectivity index (χ1) is 30.4. The quantitative estimate of drug-likeness (QED) is 0.229. The number of imide groups is 2. The Bertz CT molecular complexity index is 2540. The number of fused-ring (bicyclic) bond motifs is 1. The van der Waals surface area contributed by atoms with Crippen molar-refractivity contribution in [3.63, 3.8) is 0 Å². The van der Waals surface area contributed by atoms with Crippen LogP contribution in [0.5, 0.6) is 5.75 Å². The SMILES string of the molecule is Nc1nnc(-c2ccccc2O)cc1N1CCC(C(=O)N2CC3(CCN(C(=O)C4CCN(c5ccc6c(c5)C(=O)N(C5CCC(=O)NC5=O)C6=O)CC4)C3)C2)(c2ccccc2)CC1. The van der Waals surface area contributed by atoms with Gasteiger partial charge in [0.2, 0.25) is 23.6 Å². The molecule has 1 unspecified atom stereocenters. The normalized spacial score (nSPS) is 22.0. The third-order valence-corrected chi connectivity index (χ3v) is 14.4. The van der Waals surface area contributed by atoms with Crippen molar-refractivity contribution in [2.45, 2.75) is 56.4 Å². The molecule has 0 bridgehead atoms. The molecule has 1 aromatic heterocycles. The van der Waals surface area contributed by atoms with E-state index < -0.39 is 35.1 Å². The standard InChI is InChI=1S/C47H49N9O7/c48-40-37(25-35(50-51-40)33-8-4-5-9-38(33)57)53-22-17-47(18-23-53,30-6-2-1-3-7-30)45(63)55-27-46(28-55)16-21-54(26-46)42(60)29-14-19-52(20-15-29)31-10-11-32-34(24-31)44(62)56(43(32)61)36-12-13-39(58)49-41(36)59/h1-11,24-25,29,36,57H,12-23,26-28H2,(H2,48,51)(H,49,58,59). The molecule has 0 aliphatic carbocycles. The van der Waals surface area contributed by atoms with Gasteiger partial charge in [0.25, 0.3) is 11.8 Å². The van der Waals surface area contributed by atoms with Gasteiger partial charge >= 0.3 is 0 Å². The van der Waals surface area contributed by atoms with Crippen molar-refractivity contribution < 1.29 is 33.9 Å². The molecule has 4 aromatic rings. The lowest BCUT2D eigenvalue weighted by Gasteiger charge is -2.53. The molecule has 1 spiro atoms. The summed E-state index contributed by atoms with van der Waals surface area (Å²) in [7, 11) is 0. The number of piperidine rings is 3. The number of carbonyl (C=O) groups is 6. The van der Waals surface area contributed by atoms with E-state index >= 15 is 0 Å². The van der Waals surface area contributed by atoms with Gasteiger partial charge < -0.3 is 30.4 Å². The minimum absolute atomic E-state index is 0.0593. The van der Waals surface area contributed by atoms with Gasteiger partial charge in [-0.2, -0.15) is 0 Å². The second-order valence-corrected chi connectivity index (χ2v) is 18.1. The van der Waals surface area contributed by atoms with Crippen LogP contribution < -0.4 is 20.9 Å². The summed E-state index contributed by atoms with van der Waals surface area (Å²) in [5.74, 6) is -1.61. The fourth-order valence-electron chi connectivity index (χ4n) is 10.9. The molecule has 5 fully saturated rings. The highest BCUT2D eigenvalue weighted by Crippen LogP contribution is 2.46. The van der Waals surface area contributed by atoms with Gasteiger partial charge in [0, 0.05) is 81.4 Å². The maximum absolute atomic E-state index is 14.7. The summed E-state index contributed by atoms with van der Waals surface area (Å²) in [4.78, 5) is 88.7. The summed E-state index contributed by atoms with van der Waals surface area (Å²) in [6.45, 7) is 4.87. The summed E-state index contributed by atoms with van der Waals surface area (Å²) >= 11 is 0. The van der Waals surface area contributed by atoms with Crippen LogP contribution in [0, 0.1) is 11.3 Å². The zero-order chi connectivity index (χ0) is 43.6. The molecule has 3 aromatic carbocycles. The number of hydrogen-bond donors (Lipinski definition) is 3. The van der Waals surface area contributed by atoms with Crippen molar-refractivity contribution in [2.24, 2.45) is 11.3 Å². The second-order valence-electron chi connectivity index (χ2n) is 18.1. The topological polar surface area (TPSA) is 203 Å². The van der Waals surface area contributed by atoms with E-state index in [1.54, 1.807) is 30.3 Å². The lowest BCUT2D eigenvalue weighted by molar-refractivity contribution is -0.151. The molecule has 6 aliphatic heterocycles. The molecule has 6 aliphatic rings. The highest BCUT2D eigenvalue weighted by atomic mass is 16.3. The molecule has 7 heterocycles. The number of para-hydroxylation sites is 1. The predicted octanol–water partition coefficient (Wildman–Crippen LogP) is 3.35. The maximum Gasteiger partial charge on any atom is 0.262 e. The molecule has 4 N–H and O–H groups in total. The van der Waals surface area contributed by atoms with Crippen LogP contribution in [0.2, 0.25) is 0 Å². The van der Waals surface area contributed by atoms with Crippen LogP contribution in [-0.2, 0) is 24.6 Å². The third kappa shape index (κ3) is 6.91. The number of aromatic hydroxyl groups is 1. The van der Waals surface area contributed by atoms with Crippen LogP contribution in [0.3, 0.4) is 0 Å². The number of amides is 6. The summed E-state index contributed by atoms with van der Waals surface area (Å²) in [5, 5.41) is 21.2. The molecule has 16 nitrogen and oxygen atoms in total. The number of rotatable bonds is 7. The molecule has 5 saturated heterocycles. The summed E-state index contributed by atoms with van der Waals surface area (Å²) in [5.41, 5.74) is 9.58. The first-order valence-corrected chi connectivity index (χ1v) is 21.8. The minimum Gasteiger partial charge on any atom is -0.507 e. The van der Waals surface area contributed by atoms with E-state index in [9.17, 15) is 33.9 Å². The zero-order valence-corrected chi connectivity index (χ0v) is 34.9. The van der Waals surface area contributed by atoms with E-state index in [1.165, 1.54) is 0 Å². The average Bonchev–Trinajstić information content (AvgIpc) is 3.85. The van der Waals surface area contributed by atoms with Crippen molar-refractivity contribution in [1.82, 2.24) is 30.2 Å². The highest BCUT2D eigenvalue weighted by Gasteiger charge is 2.55. The average molecular weight is 852 g/mol. The van der Waals surface area contributed by atoms with Crippen molar-refractivity contribution in [1.29, 1.82) is 0 Å². The number of phenols is 1. The number of anilines is 3. The first kappa shape index (κ1) is 40.2. The van der Waals surface area contributed by atoms with Crippen molar-refractivity contribution in [3.05, 3.63) is 95.6 Å². The van der Waals surface area contributed by atoms with Crippen LogP contribution >= 0.6 is 0 Å². The van der Waals surface area contributed by atoms with E-state index in [0.29, 0.717) is 95.1 Å². The lowest BCUT2D eigenvalue weighted by Crippen LogP contribution is -2.64. The fraction of sp³-hybridized carbons (Fsp3) is 0.404. The molecular formula is C47H49N9O7. The molecular weight excluding hydrogens is 803 g/mol. The van der Waals surface area contributed by atoms with Gasteiger partial charge in [-0.3, -0.25) is 39.0 Å². The Hall–Kier alpha value is -6.84. The number of nitrogens with two attached hydrogens (primary N) is 1. The second kappa shape index (κ2) is 15.5. The lowest BCUT2D eigenvalue weighted by atomic mass is 9.69. The van der Waals surface area contributed by atoms with Crippen LogP contribution in [0.1, 0.15) is 71.2 Å². The number of likely N-dealkylation sites (tertiary alicyclic amines) is 2. The summed E-state index contributed by atoms with van der Waals surface area (Å²) in [6, 6.07) is 23.0. The zero-order valence-electron chi connectivity index (χ0n) is 34.9. The van der Waals surface area contributed by atoms with Gasteiger partial charge in [-0.15, -0.1) is 10.2 Å².